The fraction of sp³-hybridized carbons (Fsp3) is 0.143. The molecule has 0 aromatic heterocycles. The molecule has 0 N–H and O–H groups in total. The summed E-state index contributed by atoms with van der Waals surface area (Å²) in [6, 6.07) is 16.0. The van der Waals surface area contributed by atoms with Crippen LogP contribution in [-0.4, -0.2) is 6.73 Å². The summed E-state index contributed by atoms with van der Waals surface area (Å²) in [5, 5.41) is 0.757. The van der Waals surface area contributed by atoms with Crippen molar-refractivity contribution >= 4 is 17.3 Å². The topological polar surface area (TPSA) is 12.5 Å². The van der Waals surface area contributed by atoms with Crippen molar-refractivity contribution in [1.29, 1.82) is 0 Å². The Kier molecular flexibility index (Phi) is 2.65. The van der Waals surface area contributed by atoms with Crippen LogP contribution in [0.5, 0.6) is 5.75 Å². The van der Waals surface area contributed by atoms with Crippen LogP contribution in [0, 0.1) is 0 Å². The molecule has 0 radical (unpaired) electrons. The molecule has 2 aromatic carbocycles. The van der Waals surface area contributed by atoms with Crippen molar-refractivity contribution in [3.63, 3.8) is 0 Å². The molecule has 3 heteroatoms. The van der Waals surface area contributed by atoms with Gasteiger partial charge in [-0.05, 0) is 30.3 Å². The third-order valence-electron chi connectivity index (χ3n) is 2.90. The van der Waals surface area contributed by atoms with E-state index in [1.54, 1.807) is 0 Å². The summed E-state index contributed by atoms with van der Waals surface area (Å²) in [4.78, 5) is 2.18. The van der Waals surface area contributed by atoms with E-state index in [9.17, 15) is 0 Å². The number of benzene rings is 2. The number of halogens is 1. The lowest BCUT2D eigenvalue weighted by Crippen LogP contribution is -2.31. The minimum absolute atomic E-state index is 0.582. The molecule has 86 valence electrons. The maximum Gasteiger partial charge on any atom is 0.161 e. The summed E-state index contributed by atoms with van der Waals surface area (Å²) in [5.41, 5.74) is 2.35. The average molecular weight is 246 g/mol. The summed E-state index contributed by atoms with van der Waals surface area (Å²) >= 11 is 5.88. The molecule has 1 heterocycles. The first-order valence-corrected chi connectivity index (χ1v) is 5.92. The quantitative estimate of drug-likeness (QED) is 0.760. The molecule has 0 saturated heterocycles. The zero-order valence-electron chi connectivity index (χ0n) is 9.27. The SMILES string of the molecule is Clc1ccc(N2COc3ccccc3C2)cc1. The van der Waals surface area contributed by atoms with Crippen LogP contribution in [0.3, 0.4) is 0 Å². The second kappa shape index (κ2) is 4.30. The van der Waals surface area contributed by atoms with Gasteiger partial charge >= 0.3 is 0 Å². The van der Waals surface area contributed by atoms with Crippen LogP contribution in [0.4, 0.5) is 5.69 Å². The normalized spacial score (nSPS) is 14.1. The average Bonchev–Trinajstić information content (AvgIpc) is 2.39. The first kappa shape index (κ1) is 10.5. The monoisotopic (exact) mass is 245 g/mol. The molecule has 2 aromatic rings. The van der Waals surface area contributed by atoms with E-state index in [0.29, 0.717) is 6.73 Å². The lowest BCUT2D eigenvalue weighted by molar-refractivity contribution is 0.289. The van der Waals surface area contributed by atoms with Crippen molar-refractivity contribution in [2.24, 2.45) is 0 Å². The second-order valence-electron chi connectivity index (χ2n) is 4.06. The van der Waals surface area contributed by atoms with Gasteiger partial charge in [-0.2, -0.15) is 0 Å². The van der Waals surface area contributed by atoms with E-state index >= 15 is 0 Å². The van der Waals surface area contributed by atoms with Crippen LogP contribution in [0.2, 0.25) is 5.02 Å². The fourth-order valence-corrected chi connectivity index (χ4v) is 2.12. The van der Waals surface area contributed by atoms with Gasteiger partial charge in [-0.1, -0.05) is 29.8 Å². The van der Waals surface area contributed by atoms with Crippen LogP contribution in [-0.2, 0) is 6.54 Å². The summed E-state index contributed by atoms with van der Waals surface area (Å²) < 4.78 is 5.71. The lowest BCUT2D eigenvalue weighted by atomic mass is 10.1. The molecule has 0 fully saturated rings. The predicted octanol–water partition coefficient (Wildman–Crippen LogP) is 3.70. The van der Waals surface area contributed by atoms with Crippen molar-refractivity contribution in [2.45, 2.75) is 6.54 Å². The third-order valence-corrected chi connectivity index (χ3v) is 3.15. The van der Waals surface area contributed by atoms with Gasteiger partial charge in [0.15, 0.2) is 6.73 Å². The van der Waals surface area contributed by atoms with Gasteiger partial charge < -0.3 is 9.64 Å². The highest BCUT2D eigenvalue weighted by Gasteiger charge is 2.16. The van der Waals surface area contributed by atoms with Gasteiger partial charge in [0.05, 0.1) is 0 Å². The van der Waals surface area contributed by atoms with E-state index in [-0.39, 0.29) is 0 Å². The lowest BCUT2D eigenvalue weighted by Gasteiger charge is -2.30. The molecule has 1 aliphatic heterocycles. The zero-order chi connectivity index (χ0) is 11.7. The Balaban J connectivity index is 1.86. The van der Waals surface area contributed by atoms with Crippen LogP contribution in [0.15, 0.2) is 48.5 Å². The van der Waals surface area contributed by atoms with Crippen LogP contribution in [0.1, 0.15) is 5.56 Å². The van der Waals surface area contributed by atoms with Crippen molar-refractivity contribution < 1.29 is 4.74 Å². The molecule has 0 spiro atoms. The summed E-state index contributed by atoms with van der Waals surface area (Å²) in [6.07, 6.45) is 0. The molecule has 2 nitrogen and oxygen atoms in total. The van der Waals surface area contributed by atoms with Gasteiger partial charge in [0.25, 0.3) is 0 Å². The zero-order valence-corrected chi connectivity index (χ0v) is 10.0. The van der Waals surface area contributed by atoms with E-state index in [1.807, 2.05) is 42.5 Å². The van der Waals surface area contributed by atoms with Gasteiger partial charge in [-0.15, -0.1) is 0 Å². The molecule has 0 atom stereocenters. The van der Waals surface area contributed by atoms with Crippen molar-refractivity contribution in [1.82, 2.24) is 0 Å². The Morgan fingerprint density at radius 1 is 1.00 bits per heavy atom. The first-order chi connectivity index (χ1) is 8.33. The Bertz CT molecular complexity index is 524. The highest BCUT2D eigenvalue weighted by atomic mass is 35.5. The van der Waals surface area contributed by atoms with Gasteiger partial charge in [0.1, 0.15) is 5.75 Å². The minimum Gasteiger partial charge on any atom is -0.473 e. The first-order valence-electron chi connectivity index (χ1n) is 5.54. The standard InChI is InChI=1S/C14H12ClNO/c15-12-5-7-13(8-6-12)16-9-11-3-1-2-4-14(11)17-10-16/h1-8H,9-10H2. The fourth-order valence-electron chi connectivity index (χ4n) is 1.99. The molecule has 3 rings (SSSR count). The molecule has 1 aliphatic rings. The van der Waals surface area contributed by atoms with E-state index in [4.69, 9.17) is 16.3 Å². The predicted molar refractivity (Wildman–Crippen MR) is 69.6 cm³/mol. The Hall–Kier alpha value is -1.67. The highest BCUT2D eigenvalue weighted by Crippen LogP contribution is 2.28. The number of anilines is 1. The van der Waals surface area contributed by atoms with E-state index < -0.39 is 0 Å². The minimum atomic E-state index is 0.582. The van der Waals surface area contributed by atoms with E-state index in [2.05, 4.69) is 11.0 Å². The molecular formula is C14H12ClNO. The molecule has 0 saturated carbocycles. The van der Waals surface area contributed by atoms with E-state index in [1.165, 1.54) is 5.56 Å². The van der Waals surface area contributed by atoms with Gasteiger partial charge in [-0.25, -0.2) is 0 Å². The van der Waals surface area contributed by atoms with E-state index in [0.717, 1.165) is 23.0 Å². The smallest absolute Gasteiger partial charge is 0.161 e. The summed E-state index contributed by atoms with van der Waals surface area (Å²) in [6.45, 7) is 1.45. The summed E-state index contributed by atoms with van der Waals surface area (Å²) in [7, 11) is 0. The van der Waals surface area contributed by atoms with Crippen molar-refractivity contribution in [2.75, 3.05) is 11.6 Å². The maximum atomic E-state index is 5.88. The molecule has 0 bridgehead atoms. The van der Waals surface area contributed by atoms with Gasteiger partial charge in [0.2, 0.25) is 0 Å². The number of fused-ring (bicyclic) bond motifs is 1. The number of ether oxygens (including phenoxy) is 1. The number of hydrogen-bond acceptors (Lipinski definition) is 2. The maximum absolute atomic E-state index is 5.88. The Morgan fingerprint density at radius 2 is 1.76 bits per heavy atom. The molecule has 0 amide bonds. The van der Waals surface area contributed by atoms with Gasteiger partial charge in [-0.3, -0.25) is 0 Å². The van der Waals surface area contributed by atoms with Crippen molar-refractivity contribution in [3.8, 4) is 5.75 Å². The number of nitrogens with zero attached hydrogens (tertiary/aromatic N) is 1. The molecule has 17 heavy (non-hydrogen) atoms. The van der Waals surface area contributed by atoms with Crippen LogP contribution < -0.4 is 9.64 Å². The second-order valence-corrected chi connectivity index (χ2v) is 4.49. The largest absolute Gasteiger partial charge is 0.473 e. The molecule has 0 aliphatic carbocycles. The Morgan fingerprint density at radius 3 is 2.59 bits per heavy atom. The van der Waals surface area contributed by atoms with Crippen LogP contribution in [0.25, 0.3) is 0 Å². The van der Waals surface area contributed by atoms with Crippen molar-refractivity contribution in [3.05, 3.63) is 59.1 Å². The third kappa shape index (κ3) is 2.08. The molecule has 0 unspecified atom stereocenters. The molecular weight excluding hydrogens is 234 g/mol. The van der Waals surface area contributed by atoms with Crippen LogP contribution >= 0.6 is 11.6 Å². The highest BCUT2D eigenvalue weighted by molar-refractivity contribution is 6.30. The summed E-state index contributed by atoms with van der Waals surface area (Å²) in [5.74, 6) is 0.984. The number of para-hydroxylation sites is 1. The number of rotatable bonds is 1. The van der Waals surface area contributed by atoms with Gasteiger partial charge in [0, 0.05) is 22.8 Å². The Labute approximate surface area is 105 Å². The number of hydrogen-bond donors (Lipinski definition) is 0.